The van der Waals surface area contributed by atoms with Crippen molar-refractivity contribution in [2.45, 2.75) is 39.2 Å². The number of ketones is 1. The highest BCUT2D eigenvalue weighted by atomic mass is 16.5. The number of methoxy groups -OCH3 is 1. The summed E-state index contributed by atoms with van der Waals surface area (Å²) in [4.78, 5) is 28.1. The molecule has 1 atom stereocenters. The second-order valence-corrected chi connectivity index (χ2v) is 9.22. The van der Waals surface area contributed by atoms with E-state index >= 15 is 0 Å². The highest BCUT2D eigenvalue weighted by Gasteiger charge is 2.47. The van der Waals surface area contributed by atoms with Crippen LogP contribution in [0.4, 0.5) is 5.69 Å². The van der Waals surface area contributed by atoms with Gasteiger partial charge in [0, 0.05) is 11.3 Å². The Labute approximate surface area is 216 Å². The van der Waals surface area contributed by atoms with Crippen LogP contribution in [0.5, 0.6) is 17.2 Å². The molecule has 3 aromatic carbocycles. The summed E-state index contributed by atoms with van der Waals surface area (Å²) in [6.45, 7) is 6.71. The molecule has 0 radical (unpaired) electrons. The van der Waals surface area contributed by atoms with Gasteiger partial charge in [-0.25, -0.2) is 0 Å². The van der Waals surface area contributed by atoms with Gasteiger partial charge in [0.05, 0.1) is 25.3 Å². The van der Waals surface area contributed by atoms with Crippen molar-refractivity contribution in [3.05, 3.63) is 89.0 Å². The number of anilines is 1. The Morgan fingerprint density at radius 1 is 1.00 bits per heavy atom. The molecule has 37 heavy (non-hydrogen) atoms. The van der Waals surface area contributed by atoms with Crippen LogP contribution in [0.25, 0.3) is 5.76 Å². The van der Waals surface area contributed by atoms with Crippen LogP contribution in [-0.4, -0.2) is 35.6 Å². The normalized spacial score (nSPS) is 16.9. The molecule has 0 aliphatic carbocycles. The fourth-order valence-corrected chi connectivity index (χ4v) is 4.40. The second-order valence-electron chi connectivity index (χ2n) is 9.22. The van der Waals surface area contributed by atoms with Gasteiger partial charge in [0.2, 0.25) is 0 Å². The molecule has 1 aliphatic heterocycles. The first-order chi connectivity index (χ1) is 17.8. The van der Waals surface area contributed by atoms with Crippen molar-refractivity contribution in [3.8, 4) is 17.2 Å². The predicted molar refractivity (Wildman–Crippen MR) is 142 cm³/mol. The zero-order chi connectivity index (χ0) is 26.7. The van der Waals surface area contributed by atoms with E-state index in [1.165, 1.54) is 18.1 Å². The number of hydrogen-bond donors (Lipinski definition) is 2. The first-order valence-corrected chi connectivity index (χ1v) is 12.3. The van der Waals surface area contributed by atoms with Crippen LogP contribution in [0, 0.1) is 0 Å². The standard InChI is InChI=1S/C30H31NO6/c1-5-16-37-23-13-8-20(9-14-23)28(33)26-27(21-10-15-25(36-4)24(32)17-21)31(30(35)29(26)34)22-11-6-19(7-12-22)18(2)3/h6-15,17-18,27,32-33H,5,16H2,1-4H3/b28-26-. The molecule has 0 spiro atoms. The highest BCUT2D eigenvalue weighted by Crippen LogP contribution is 2.44. The van der Waals surface area contributed by atoms with Crippen LogP contribution in [0.2, 0.25) is 0 Å². The number of ether oxygens (including phenoxy) is 2. The van der Waals surface area contributed by atoms with Crippen LogP contribution >= 0.6 is 0 Å². The fraction of sp³-hybridized carbons (Fsp3) is 0.267. The maximum absolute atomic E-state index is 13.4. The summed E-state index contributed by atoms with van der Waals surface area (Å²) >= 11 is 0. The number of aliphatic hydroxyl groups is 1. The Morgan fingerprint density at radius 2 is 1.68 bits per heavy atom. The van der Waals surface area contributed by atoms with Gasteiger partial charge in [0.1, 0.15) is 11.5 Å². The summed E-state index contributed by atoms with van der Waals surface area (Å²) in [5, 5.41) is 21.8. The topological polar surface area (TPSA) is 96.3 Å². The van der Waals surface area contributed by atoms with Crippen molar-refractivity contribution < 1.29 is 29.3 Å². The number of benzene rings is 3. The molecule has 0 bridgehead atoms. The minimum absolute atomic E-state index is 0.0651. The van der Waals surface area contributed by atoms with Crippen molar-refractivity contribution in [2.24, 2.45) is 0 Å². The lowest BCUT2D eigenvalue weighted by Crippen LogP contribution is -2.29. The van der Waals surface area contributed by atoms with Gasteiger partial charge in [-0.3, -0.25) is 14.5 Å². The molecule has 7 nitrogen and oxygen atoms in total. The largest absolute Gasteiger partial charge is 0.507 e. The van der Waals surface area contributed by atoms with Crippen LogP contribution in [0.15, 0.2) is 72.3 Å². The Hall–Kier alpha value is -4.26. The first kappa shape index (κ1) is 25.8. The molecular formula is C30H31NO6. The summed E-state index contributed by atoms with van der Waals surface area (Å²) in [5.74, 6) is -0.826. The van der Waals surface area contributed by atoms with Crippen LogP contribution in [0.1, 0.15) is 55.8 Å². The monoisotopic (exact) mass is 501 g/mol. The lowest BCUT2D eigenvalue weighted by atomic mass is 9.94. The smallest absolute Gasteiger partial charge is 0.300 e. The molecule has 3 aromatic rings. The van der Waals surface area contributed by atoms with Gasteiger partial charge in [-0.2, -0.15) is 0 Å². The Balaban J connectivity index is 1.86. The second kappa shape index (κ2) is 10.8. The predicted octanol–water partition coefficient (Wildman–Crippen LogP) is 5.94. The summed E-state index contributed by atoms with van der Waals surface area (Å²) in [6, 6.07) is 17.8. The lowest BCUT2D eigenvalue weighted by molar-refractivity contribution is -0.132. The Kier molecular flexibility index (Phi) is 7.53. The number of nitrogens with zero attached hydrogens (tertiary/aromatic N) is 1. The van der Waals surface area contributed by atoms with Gasteiger partial charge < -0.3 is 19.7 Å². The number of phenols is 1. The highest BCUT2D eigenvalue weighted by molar-refractivity contribution is 6.51. The SMILES string of the molecule is CCCOc1ccc(/C(O)=C2/C(=O)C(=O)N(c3ccc(C(C)C)cc3)C2c2ccc(OC)c(O)c2)cc1. The van der Waals surface area contributed by atoms with Crippen molar-refractivity contribution in [2.75, 3.05) is 18.6 Å². The minimum Gasteiger partial charge on any atom is -0.507 e. The quantitative estimate of drug-likeness (QED) is 0.225. The number of carbonyl (C=O) groups excluding carboxylic acids is 2. The third-order valence-electron chi connectivity index (χ3n) is 6.40. The Bertz CT molecular complexity index is 1330. The van der Waals surface area contributed by atoms with Crippen molar-refractivity contribution in [3.63, 3.8) is 0 Å². The summed E-state index contributed by atoms with van der Waals surface area (Å²) in [7, 11) is 1.44. The molecule has 1 fully saturated rings. The summed E-state index contributed by atoms with van der Waals surface area (Å²) in [6.07, 6.45) is 0.859. The van der Waals surface area contributed by atoms with Crippen molar-refractivity contribution in [1.82, 2.24) is 0 Å². The molecule has 1 amide bonds. The molecule has 2 N–H and O–H groups in total. The van der Waals surface area contributed by atoms with Gasteiger partial charge in [-0.05, 0) is 72.0 Å². The maximum Gasteiger partial charge on any atom is 0.300 e. The van der Waals surface area contributed by atoms with Gasteiger partial charge in [-0.15, -0.1) is 0 Å². The molecule has 4 rings (SSSR count). The zero-order valence-electron chi connectivity index (χ0n) is 21.4. The summed E-state index contributed by atoms with van der Waals surface area (Å²) < 4.78 is 10.8. The van der Waals surface area contributed by atoms with Crippen LogP contribution in [0.3, 0.4) is 0 Å². The molecular weight excluding hydrogens is 470 g/mol. The van der Waals surface area contributed by atoms with E-state index in [2.05, 4.69) is 13.8 Å². The average Bonchev–Trinajstić information content (AvgIpc) is 3.17. The molecule has 1 saturated heterocycles. The van der Waals surface area contributed by atoms with E-state index in [4.69, 9.17) is 9.47 Å². The number of Topliss-reactive ketones (excluding diaryl/α,β-unsaturated/α-hetero) is 1. The number of rotatable bonds is 8. The van der Waals surface area contributed by atoms with E-state index in [-0.39, 0.29) is 22.8 Å². The molecule has 0 saturated carbocycles. The maximum atomic E-state index is 13.4. The molecule has 1 aliphatic rings. The number of aliphatic hydroxyl groups excluding tert-OH is 1. The number of aromatic hydroxyl groups is 1. The van der Waals surface area contributed by atoms with E-state index in [9.17, 15) is 19.8 Å². The van der Waals surface area contributed by atoms with Crippen LogP contribution in [-0.2, 0) is 9.59 Å². The van der Waals surface area contributed by atoms with Gasteiger partial charge >= 0.3 is 0 Å². The van der Waals surface area contributed by atoms with E-state index < -0.39 is 17.7 Å². The number of phenolic OH excluding ortho intramolecular Hbond substituents is 1. The van der Waals surface area contributed by atoms with Crippen LogP contribution < -0.4 is 14.4 Å². The molecule has 0 aromatic heterocycles. The minimum atomic E-state index is -0.960. The molecule has 7 heteroatoms. The van der Waals surface area contributed by atoms with Gasteiger partial charge in [0.25, 0.3) is 11.7 Å². The third kappa shape index (κ3) is 5.03. The lowest BCUT2D eigenvalue weighted by Gasteiger charge is -2.26. The van der Waals surface area contributed by atoms with Gasteiger partial charge in [0.15, 0.2) is 11.5 Å². The molecule has 1 heterocycles. The number of hydrogen-bond acceptors (Lipinski definition) is 6. The average molecular weight is 502 g/mol. The van der Waals surface area contributed by atoms with Crippen molar-refractivity contribution in [1.29, 1.82) is 0 Å². The molecule has 1 unspecified atom stereocenters. The van der Waals surface area contributed by atoms with E-state index in [0.29, 0.717) is 35.1 Å². The van der Waals surface area contributed by atoms with E-state index in [1.54, 1.807) is 48.5 Å². The zero-order valence-corrected chi connectivity index (χ0v) is 21.4. The van der Waals surface area contributed by atoms with Crippen molar-refractivity contribution >= 4 is 23.1 Å². The fourth-order valence-electron chi connectivity index (χ4n) is 4.40. The summed E-state index contributed by atoms with van der Waals surface area (Å²) in [5.41, 5.74) is 2.36. The van der Waals surface area contributed by atoms with E-state index in [0.717, 1.165) is 12.0 Å². The third-order valence-corrected chi connectivity index (χ3v) is 6.40. The Morgan fingerprint density at radius 3 is 2.24 bits per heavy atom. The first-order valence-electron chi connectivity index (χ1n) is 12.3. The van der Waals surface area contributed by atoms with Gasteiger partial charge in [-0.1, -0.05) is 39.0 Å². The molecule has 192 valence electrons. The number of amides is 1. The number of carbonyl (C=O) groups is 2. The van der Waals surface area contributed by atoms with E-state index in [1.807, 2.05) is 19.1 Å².